The molecule has 0 amide bonds. The zero-order chi connectivity index (χ0) is 12.9. The van der Waals surface area contributed by atoms with Gasteiger partial charge in [-0.1, -0.05) is 24.3 Å². The molecular formula is C13H11NO3S. The summed E-state index contributed by atoms with van der Waals surface area (Å²) in [4.78, 5) is -0.224. The Morgan fingerprint density at radius 1 is 1.06 bits per heavy atom. The van der Waals surface area contributed by atoms with Crippen LogP contribution in [0.15, 0.2) is 41.3 Å². The third-order valence-corrected chi connectivity index (χ3v) is 4.11. The first-order valence-electron chi connectivity index (χ1n) is 5.45. The molecule has 0 heterocycles. The fraction of sp³-hybridized carbons (Fsp3) is 0.0769. The maximum Gasteiger partial charge on any atom is 0.296 e. The van der Waals surface area contributed by atoms with E-state index in [1.54, 1.807) is 6.07 Å². The van der Waals surface area contributed by atoms with E-state index in [1.165, 1.54) is 6.07 Å². The van der Waals surface area contributed by atoms with Gasteiger partial charge in [0, 0.05) is 0 Å². The molecule has 1 aliphatic carbocycles. The number of rotatable bonds is 1. The standard InChI is InChI=1S/C13H11NO3S/c14-12-6-9-5-8-3-1-2-4-10(8)11(9)7-13(12)18(15,16)17/h1-4,6-7H,5,14H2,(H,15,16,17). The first kappa shape index (κ1) is 11.3. The second-order valence-corrected chi connectivity index (χ2v) is 5.75. The molecule has 0 saturated carbocycles. The molecule has 0 aromatic heterocycles. The Morgan fingerprint density at radius 3 is 2.50 bits per heavy atom. The first-order valence-corrected chi connectivity index (χ1v) is 6.89. The third kappa shape index (κ3) is 1.60. The molecule has 0 saturated heterocycles. The van der Waals surface area contributed by atoms with Crippen LogP contribution in [0.4, 0.5) is 5.69 Å². The fourth-order valence-electron chi connectivity index (χ4n) is 2.41. The Hall–Kier alpha value is -1.85. The van der Waals surface area contributed by atoms with Gasteiger partial charge in [-0.25, -0.2) is 0 Å². The quantitative estimate of drug-likeness (QED) is 0.519. The van der Waals surface area contributed by atoms with Crippen LogP contribution in [0, 0.1) is 0 Å². The number of fused-ring (bicyclic) bond motifs is 3. The van der Waals surface area contributed by atoms with Crippen LogP contribution in [0.25, 0.3) is 11.1 Å². The van der Waals surface area contributed by atoms with Gasteiger partial charge >= 0.3 is 0 Å². The molecule has 18 heavy (non-hydrogen) atoms. The summed E-state index contributed by atoms with van der Waals surface area (Å²) in [6, 6.07) is 10.9. The number of hydrogen-bond acceptors (Lipinski definition) is 3. The smallest absolute Gasteiger partial charge is 0.296 e. The van der Waals surface area contributed by atoms with Gasteiger partial charge in [0.15, 0.2) is 0 Å². The lowest BCUT2D eigenvalue weighted by atomic mass is 10.1. The molecule has 1 aliphatic rings. The third-order valence-electron chi connectivity index (χ3n) is 3.20. The van der Waals surface area contributed by atoms with Gasteiger partial charge in [0.2, 0.25) is 0 Å². The van der Waals surface area contributed by atoms with Crippen LogP contribution in [0.2, 0.25) is 0 Å². The molecule has 0 atom stereocenters. The average Bonchev–Trinajstić information content (AvgIpc) is 2.63. The normalized spacial score (nSPS) is 13.2. The molecule has 0 bridgehead atoms. The highest BCUT2D eigenvalue weighted by atomic mass is 32.2. The van der Waals surface area contributed by atoms with E-state index in [0.717, 1.165) is 28.7 Å². The van der Waals surface area contributed by atoms with Crippen molar-refractivity contribution in [2.75, 3.05) is 5.73 Å². The number of anilines is 1. The summed E-state index contributed by atoms with van der Waals surface area (Å²) in [5, 5.41) is 0. The van der Waals surface area contributed by atoms with Crippen molar-refractivity contribution in [3.05, 3.63) is 47.5 Å². The molecule has 92 valence electrons. The molecule has 3 rings (SSSR count). The summed E-state index contributed by atoms with van der Waals surface area (Å²) in [6.07, 6.45) is 0.738. The van der Waals surface area contributed by atoms with E-state index in [9.17, 15) is 8.42 Å². The zero-order valence-electron chi connectivity index (χ0n) is 9.42. The SMILES string of the molecule is Nc1cc2c(cc1S(=O)(=O)O)-c1ccccc1C2. The summed E-state index contributed by atoms with van der Waals surface area (Å²) < 4.78 is 31.6. The minimum Gasteiger partial charge on any atom is -0.398 e. The van der Waals surface area contributed by atoms with Gasteiger partial charge in [-0.3, -0.25) is 4.55 Å². The minimum absolute atomic E-state index is 0.0871. The van der Waals surface area contributed by atoms with Crippen LogP contribution < -0.4 is 5.73 Å². The molecule has 3 N–H and O–H groups in total. The second-order valence-electron chi connectivity index (χ2n) is 4.36. The molecular weight excluding hydrogens is 250 g/mol. The van der Waals surface area contributed by atoms with E-state index in [2.05, 4.69) is 0 Å². The van der Waals surface area contributed by atoms with E-state index in [1.807, 2.05) is 24.3 Å². The van der Waals surface area contributed by atoms with Crippen LogP contribution in [0.1, 0.15) is 11.1 Å². The van der Waals surface area contributed by atoms with E-state index < -0.39 is 10.1 Å². The van der Waals surface area contributed by atoms with Gasteiger partial charge in [-0.05, 0) is 40.8 Å². The van der Waals surface area contributed by atoms with Crippen molar-refractivity contribution in [3.63, 3.8) is 0 Å². The Kier molecular flexibility index (Phi) is 2.23. The van der Waals surface area contributed by atoms with Crippen molar-refractivity contribution in [3.8, 4) is 11.1 Å². The molecule has 0 spiro atoms. The Balaban J connectivity index is 2.30. The highest BCUT2D eigenvalue weighted by molar-refractivity contribution is 7.86. The van der Waals surface area contributed by atoms with Gasteiger partial charge in [0.25, 0.3) is 10.1 Å². The van der Waals surface area contributed by atoms with Crippen LogP contribution in [-0.4, -0.2) is 13.0 Å². The molecule has 5 heteroatoms. The van der Waals surface area contributed by atoms with Crippen LogP contribution in [-0.2, 0) is 16.5 Å². The second kappa shape index (κ2) is 3.57. The van der Waals surface area contributed by atoms with Crippen LogP contribution in [0.3, 0.4) is 0 Å². The fourth-order valence-corrected chi connectivity index (χ4v) is 3.03. The maximum absolute atomic E-state index is 11.2. The van der Waals surface area contributed by atoms with E-state index in [0.29, 0.717) is 0 Å². The van der Waals surface area contributed by atoms with Crippen molar-refractivity contribution in [2.24, 2.45) is 0 Å². The van der Waals surface area contributed by atoms with Crippen LogP contribution >= 0.6 is 0 Å². The van der Waals surface area contributed by atoms with Crippen molar-refractivity contribution in [1.82, 2.24) is 0 Å². The van der Waals surface area contributed by atoms with Gasteiger partial charge in [0.1, 0.15) is 4.90 Å². The summed E-state index contributed by atoms with van der Waals surface area (Å²) >= 11 is 0. The average molecular weight is 261 g/mol. The minimum atomic E-state index is -4.28. The lowest BCUT2D eigenvalue weighted by Crippen LogP contribution is -2.04. The van der Waals surface area contributed by atoms with Gasteiger partial charge < -0.3 is 5.73 Å². The van der Waals surface area contributed by atoms with E-state index >= 15 is 0 Å². The number of nitrogens with two attached hydrogens (primary N) is 1. The Bertz CT molecular complexity index is 751. The molecule has 0 radical (unpaired) electrons. The summed E-state index contributed by atoms with van der Waals surface area (Å²) in [5.74, 6) is 0. The van der Waals surface area contributed by atoms with E-state index in [-0.39, 0.29) is 10.6 Å². The van der Waals surface area contributed by atoms with Crippen LogP contribution in [0.5, 0.6) is 0 Å². The van der Waals surface area contributed by atoms with Gasteiger partial charge in [-0.15, -0.1) is 0 Å². The molecule has 0 fully saturated rings. The summed E-state index contributed by atoms with van der Waals surface area (Å²) in [5.41, 5.74) is 9.71. The lowest BCUT2D eigenvalue weighted by Gasteiger charge is -2.07. The monoisotopic (exact) mass is 261 g/mol. The number of nitrogen functional groups attached to an aromatic ring is 1. The maximum atomic E-state index is 11.2. The Morgan fingerprint density at radius 2 is 1.78 bits per heavy atom. The topological polar surface area (TPSA) is 80.4 Å². The largest absolute Gasteiger partial charge is 0.398 e. The molecule has 2 aromatic carbocycles. The summed E-state index contributed by atoms with van der Waals surface area (Å²) in [6.45, 7) is 0. The lowest BCUT2D eigenvalue weighted by molar-refractivity contribution is 0.483. The highest BCUT2D eigenvalue weighted by Gasteiger charge is 2.23. The van der Waals surface area contributed by atoms with Crippen molar-refractivity contribution < 1.29 is 13.0 Å². The molecule has 2 aromatic rings. The summed E-state index contributed by atoms with van der Waals surface area (Å²) in [7, 11) is -4.28. The van der Waals surface area contributed by atoms with Crippen molar-refractivity contribution >= 4 is 15.8 Å². The Labute approximate surface area is 105 Å². The zero-order valence-corrected chi connectivity index (χ0v) is 10.2. The number of hydrogen-bond donors (Lipinski definition) is 2. The van der Waals surface area contributed by atoms with E-state index in [4.69, 9.17) is 10.3 Å². The first-order chi connectivity index (χ1) is 8.47. The highest BCUT2D eigenvalue weighted by Crippen LogP contribution is 2.39. The molecule has 4 nitrogen and oxygen atoms in total. The van der Waals surface area contributed by atoms with Gasteiger partial charge in [0.05, 0.1) is 5.69 Å². The van der Waals surface area contributed by atoms with Crippen molar-refractivity contribution in [2.45, 2.75) is 11.3 Å². The van der Waals surface area contributed by atoms with Crippen molar-refractivity contribution in [1.29, 1.82) is 0 Å². The molecule has 0 unspecified atom stereocenters. The predicted molar refractivity (Wildman–Crippen MR) is 68.9 cm³/mol. The number of benzene rings is 2. The van der Waals surface area contributed by atoms with Gasteiger partial charge in [-0.2, -0.15) is 8.42 Å². The predicted octanol–water partition coefficient (Wildman–Crippen LogP) is 2.09. The molecule has 0 aliphatic heterocycles.